The van der Waals surface area contributed by atoms with Crippen molar-refractivity contribution in [3.8, 4) is 0 Å². The Kier molecular flexibility index (Phi) is 4.92. The van der Waals surface area contributed by atoms with Gasteiger partial charge in [0.2, 0.25) is 0 Å². The normalized spacial score (nSPS) is 17.8. The molecule has 1 aromatic carbocycles. The number of nitrogens with one attached hydrogen (secondary N) is 1. The molecule has 3 heteroatoms. The lowest BCUT2D eigenvalue weighted by atomic mass is 9.79. The first kappa shape index (κ1) is 14.4. The van der Waals surface area contributed by atoms with Gasteiger partial charge in [0, 0.05) is 6.54 Å². The van der Waals surface area contributed by atoms with Gasteiger partial charge >= 0.3 is 0 Å². The summed E-state index contributed by atoms with van der Waals surface area (Å²) in [6.07, 6.45) is 6.37. The molecule has 0 saturated heterocycles. The van der Waals surface area contributed by atoms with Crippen LogP contribution in [0.15, 0.2) is 18.2 Å². The molecule has 1 N–H and O–H groups in total. The fourth-order valence-electron chi connectivity index (χ4n) is 3.16. The number of hydrogen-bond acceptors (Lipinski definition) is 1. The Hall–Kier alpha value is -0.960. The molecule has 0 heterocycles. The Balaban J connectivity index is 2.09. The van der Waals surface area contributed by atoms with Crippen LogP contribution in [0.2, 0.25) is 0 Å². The van der Waals surface area contributed by atoms with Crippen LogP contribution in [0.25, 0.3) is 0 Å². The van der Waals surface area contributed by atoms with Gasteiger partial charge in [0.1, 0.15) is 0 Å². The molecule has 0 aliphatic heterocycles. The molecule has 0 unspecified atom stereocenters. The molecule has 1 saturated carbocycles. The molecule has 1 aliphatic rings. The van der Waals surface area contributed by atoms with Gasteiger partial charge in [0.15, 0.2) is 11.6 Å². The van der Waals surface area contributed by atoms with E-state index in [4.69, 9.17) is 0 Å². The van der Waals surface area contributed by atoms with Crippen molar-refractivity contribution in [2.24, 2.45) is 5.41 Å². The van der Waals surface area contributed by atoms with E-state index in [-0.39, 0.29) is 5.41 Å². The Labute approximate surface area is 114 Å². The lowest BCUT2D eigenvalue weighted by Gasteiger charge is -2.30. The van der Waals surface area contributed by atoms with Crippen LogP contribution in [-0.2, 0) is 6.42 Å². The first-order valence-electron chi connectivity index (χ1n) is 7.30. The minimum atomic E-state index is -0.729. The largest absolute Gasteiger partial charge is 0.316 e. The maximum absolute atomic E-state index is 13.8. The fourth-order valence-corrected chi connectivity index (χ4v) is 3.16. The maximum atomic E-state index is 13.8. The highest BCUT2D eigenvalue weighted by atomic mass is 19.2. The standard InChI is InChI=1S/C16H23F2N/c1-2-10-19-12-16(8-3-4-9-16)11-13-6-5-7-14(17)15(13)18/h5-7,19H,2-4,8-12H2,1H3. The second-order valence-electron chi connectivity index (χ2n) is 5.77. The predicted octanol–water partition coefficient (Wildman–Crippen LogP) is 4.07. The number of hydrogen-bond donors (Lipinski definition) is 1. The second-order valence-corrected chi connectivity index (χ2v) is 5.77. The van der Waals surface area contributed by atoms with Crippen LogP contribution < -0.4 is 5.32 Å². The van der Waals surface area contributed by atoms with Gasteiger partial charge < -0.3 is 5.32 Å². The van der Waals surface area contributed by atoms with Crippen LogP contribution in [0.3, 0.4) is 0 Å². The van der Waals surface area contributed by atoms with E-state index in [2.05, 4.69) is 12.2 Å². The van der Waals surface area contributed by atoms with Crippen molar-refractivity contribution in [1.29, 1.82) is 0 Å². The van der Waals surface area contributed by atoms with Gasteiger partial charge in [-0.15, -0.1) is 0 Å². The molecule has 0 bridgehead atoms. The second kappa shape index (κ2) is 6.47. The molecule has 0 aromatic heterocycles. The average Bonchev–Trinajstić information content (AvgIpc) is 2.84. The molecule has 0 atom stereocenters. The zero-order valence-electron chi connectivity index (χ0n) is 11.6. The van der Waals surface area contributed by atoms with Gasteiger partial charge in [0.25, 0.3) is 0 Å². The van der Waals surface area contributed by atoms with E-state index in [1.54, 1.807) is 12.1 Å². The Bertz CT molecular complexity index is 411. The van der Waals surface area contributed by atoms with Crippen LogP contribution >= 0.6 is 0 Å². The van der Waals surface area contributed by atoms with Crippen molar-refractivity contribution in [1.82, 2.24) is 5.32 Å². The topological polar surface area (TPSA) is 12.0 Å². The van der Waals surface area contributed by atoms with Crippen LogP contribution in [0.1, 0.15) is 44.6 Å². The molecule has 1 nitrogen and oxygen atoms in total. The Morgan fingerprint density at radius 1 is 1.21 bits per heavy atom. The summed E-state index contributed by atoms with van der Waals surface area (Å²) >= 11 is 0. The number of rotatable bonds is 6. The highest BCUT2D eigenvalue weighted by Crippen LogP contribution is 2.41. The molecule has 19 heavy (non-hydrogen) atoms. The van der Waals surface area contributed by atoms with Gasteiger partial charge in [0.05, 0.1) is 0 Å². The molecular weight excluding hydrogens is 244 g/mol. The molecule has 0 radical (unpaired) electrons. The van der Waals surface area contributed by atoms with Crippen LogP contribution in [0.4, 0.5) is 8.78 Å². The Morgan fingerprint density at radius 3 is 2.63 bits per heavy atom. The monoisotopic (exact) mass is 267 g/mol. The summed E-state index contributed by atoms with van der Waals surface area (Å²) in [5, 5.41) is 3.46. The van der Waals surface area contributed by atoms with Gasteiger partial charge in [-0.05, 0) is 49.3 Å². The molecule has 106 valence electrons. The summed E-state index contributed by atoms with van der Waals surface area (Å²) in [6, 6.07) is 4.52. The lowest BCUT2D eigenvalue weighted by molar-refractivity contribution is 0.273. The minimum absolute atomic E-state index is 0.115. The zero-order chi connectivity index (χ0) is 13.7. The van der Waals surface area contributed by atoms with Crippen molar-refractivity contribution in [3.63, 3.8) is 0 Å². The van der Waals surface area contributed by atoms with E-state index >= 15 is 0 Å². The van der Waals surface area contributed by atoms with E-state index in [0.717, 1.165) is 32.4 Å². The van der Waals surface area contributed by atoms with E-state index in [9.17, 15) is 8.78 Å². The molecule has 1 fully saturated rings. The summed E-state index contributed by atoms with van der Waals surface area (Å²) in [4.78, 5) is 0. The van der Waals surface area contributed by atoms with Crippen molar-refractivity contribution in [3.05, 3.63) is 35.4 Å². The summed E-state index contributed by atoms with van der Waals surface area (Å²) in [5.41, 5.74) is 0.643. The average molecular weight is 267 g/mol. The molecular formula is C16H23F2N. The highest BCUT2D eigenvalue weighted by molar-refractivity contribution is 5.21. The first-order chi connectivity index (χ1) is 9.17. The quantitative estimate of drug-likeness (QED) is 0.766. The van der Waals surface area contributed by atoms with Crippen molar-refractivity contribution in [2.45, 2.75) is 45.4 Å². The van der Waals surface area contributed by atoms with Crippen LogP contribution in [0, 0.1) is 17.0 Å². The third-order valence-electron chi connectivity index (χ3n) is 4.19. The number of halogens is 2. The molecule has 1 aliphatic carbocycles. The molecule has 0 spiro atoms. The lowest BCUT2D eigenvalue weighted by Crippen LogP contribution is -2.34. The summed E-state index contributed by atoms with van der Waals surface area (Å²) in [7, 11) is 0. The van der Waals surface area contributed by atoms with Crippen molar-refractivity contribution in [2.75, 3.05) is 13.1 Å². The van der Waals surface area contributed by atoms with Gasteiger partial charge in [-0.25, -0.2) is 8.78 Å². The zero-order valence-corrected chi connectivity index (χ0v) is 11.6. The Morgan fingerprint density at radius 2 is 1.95 bits per heavy atom. The van der Waals surface area contributed by atoms with Crippen molar-refractivity contribution >= 4 is 0 Å². The summed E-state index contributed by atoms with van der Waals surface area (Å²) in [5.74, 6) is -1.39. The van der Waals surface area contributed by atoms with Crippen LogP contribution in [-0.4, -0.2) is 13.1 Å². The molecule has 1 aromatic rings. The fraction of sp³-hybridized carbons (Fsp3) is 0.625. The van der Waals surface area contributed by atoms with E-state index in [1.807, 2.05) is 0 Å². The third-order valence-corrected chi connectivity index (χ3v) is 4.19. The first-order valence-corrected chi connectivity index (χ1v) is 7.30. The van der Waals surface area contributed by atoms with E-state index < -0.39 is 11.6 Å². The SMILES string of the molecule is CCCNCC1(Cc2cccc(F)c2F)CCCC1. The van der Waals surface area contributed by atoms with E-state index in [1.165, 1.54) is 18.9 Å². The van der Waals surface area contributed by atoms with Gasteiger partial charge in [-0.2, -0.15) is 0 Å². The maximum Gasteiger partial charge on any atom is 0.162 e. The molecule has 0 amide bonds. The van der Waals surface area contributed by atoms with Gasteiger partial charge in [-0.3, -0.25) is 0 Å². The summed E-state index contributed by atoms with van der Waals surface area (Å²) in [6.45, 7) is 4.05. The van der Waals surface area contributed by atoms with E-state index in [0.29, 0.717) is 12.0 Å². The number of benzene rings is 1. The summed E-state index contributed by atoms with van der Waals surface area (Å²) < 4.78 is 27.1. The smallest absolute Gasteiger partial charge is 0.162 e. The molecule has 2 rings (SSSR count). The third kappa shape index (κ3) is 3.53. The van der Waals surface area contributed by atoms with Crippen LogP contribution in [0.5, 0.6) is 0 Å². The minimum Gasteiger partial charge on any atom is -0.316 e. The predicted molar refractivity (Wildman–Crippen MR) is 74.1 cm³/mol. The van der Waals surface area contributed by atoms with Crippen molar-refractivity contribution < 1.29 is 8.78 Å². The highest BCUT2D eigenvalue weighted by Gasteiger charge is 2.34. The van der Waals surface area contributed by atoms with Gasteiger partial charge in [-0.1, -0.05) is 31.9 Å².